The number of benzene rings is 1. The van der Waals surface area contributed by atoms with Crippen LogP contribution in [0.15, 0.2) is 47.2 Å². The standard InChI is InChI=1S/C17H18N6O2/c1-13-15(20-25-19-13)11-22(2)17(24)16-12-23(21-18-16)10-6-9-14-7-4-3-5-8-14/h3-9,12H,10-11H2,1-2H3/b9-6+. The zero-order chi connectivity index (χ0) is 17.6. The van der Waals surface area contributed by atoms with E-state index in [0.29, 0.717) is 24.5 Å². The van der Waals surface area contributed by atoms with Crippen LogP contribution in [0.2, 0.25) is 0 Å². The number of allylic oxidation sites excluding steroid dienone is 1. The van der Waals surface area contributed by atoms with Crippen LogP contribution in [0, 0.1) is 6.92 Å². The highest BCUT2D eigenvalue weighted by Crippen LogP contribution is 2.07. The fourth-order valence-electron chi connectivity index (χ4n) is 2.23. The van der Waals surface area contributed by atoms with Gasteiger partial charge in [0.1, 0.15) is 11.4 Å². The van der Waals surface area contributed by atoms with Crippen molar-refractivity contribution in [1.82, 2.24) is 30.2 Å². The molecule has 0 unspecified atom stereocenters. The minimum Gasteiger partial charge on any atom is -0.334 e. The summed E-state index contributed by atoms with van der Waals surface area (Å²) in [5.74, 6) is -0.235. The van der Waals surface area contributed by atoms with Crippen molar-refractivity contribution in [2.45, 2.75) is 20.0 Å². The molecule has 0 N–H and O–H groups in total. The molecule has 0 aliphatic rings. The molecule has 0 atom stereocenters. The Bertz CT molecular complexity index is 868. The molecular formula is C17H18N6O2. The first-order chi connectivity index (χ1) is 12.1. The molecule has 8 heteroatoms. The predicted octanol–water partition coefficient (Wildman–Crippen LogP) is 1.96. The number of aromatic nitrogens is 5. The first-order valence-electron chi connectivity index (χ1n) is 7.78. The van der Waals surface area contributed by atoms with E-state index in [4.69, 9.17) is 0 Å². The van der Waals surface area contributed by atoms with Gasteiger partial charge in [0, 0.05) is 7.05 Å². The molecular weight excluding hydrogens is 320 g/mol. The molecule has 25 heavy (non-hydrogen) atoms. The van der Waals surface area contributed by atoms with Crippen LogP contribution < -0.4 is 0 Å². The third-order valence-corrected chi connectivity index (χ3v) is 3.64. The van der Waals surface area contributed by atoms with E-state index in [-0.39, 0.29) is 11.6 Å². The van der Waals surface area contributed by atoms with Gasteiger partial charge in [0.25, 0.3) is 5.91 Å². The van der Waals surface area contributed by atoms with Gasteiger partial charge in [-0.3, -0.25) is 4.79 Å². The lowest BCUT2D eigenvalue weighted by Gasteiger charge is -2.13. The van der Waals surface area contributed by atoms with E-state index >= 15 is 0 Å². The van der Waals surface area contributed by atoms with Crippen molar-refractivity contribution < 1.29 is 9.42 Å². The maximum Gasteiger partial charge on any atom is 0.276 e. The highest BCUT2D eigenvalue weighted by Gasteiger charge is 2.18. The van der Waals surface area contributed by atoms with Crippen LogP contribution in [0.25, 0.3) is 6.08 Å². The Balaban J connectivity index is 1.59. The number of hydrogen-bond donors (Lipinski definition) is 0. The molecule has 0 bridgehead atoms. The van der Waals surface area contributed by atoms with E-state index < -0.39 is 0 Å². The summed E-state index contributed by atoms with van der Waals surface area (Å²) in [6.45, 7) is 2.61. The van der Waals surface area contributed by atoms with E-state index in [2.05, 4.69) is 25.3 Å². The predicted molar refractivity (Wildman–Crippen MR) is 90.3 cm³/mol. The Morgan fingerprint density at radius 2 is 2.08 bits per heavy atom. The second-order valence-corrected chi connectivity index (χ2v) is 5.60. The van der Waals surface area contributed by atoms with E-state index in [1.54, 1.807) is 24.9 Å². The first-order valence-corrected chi connectivity index (χ1v) is 7.78. The average molecular weight is 338 g/mol. The third kappa shape index (κ3) is 4.17. The number of carbonyl (C=O) groups excluding carboxylic acids is 1. The number of carbonyl (C=O) groups is 1. The van der Waals surface area contributed by atoms with Crippen LogP contribution in [0.1, 0.15) is 27.4 Å². The lowest BCUT2D eigenvalue weighted by Crippen LogP contribution is -2.27. The Labute approximate surface area is 144 Å². The fourth-order valence-corrected chi connectivity index (χ4v) is 2.23. The second kappa shape index (κ2) is 7.52. The Kier molecular flexibility index (Phi) is 4.98. The molecule has 2 heterocycles. The number of nitrogens with zero attached hydrogens (tertiary/aromatic N) is 6. The number of rotatable bonds is 6. The SMILES string of the molecule is Cc1nonc1CN(C)C(=O)c1cn(C/C=C/c2ccccc2)nn1. The first kappa shape index (κ1) is 16.6. The molecule has 3 rings (SSSR count). The van der Waals surface area contributed by atoms with Crippen molar-refractivity contribution in [2.24, 2.45) is 0 Å². The number of amides is 1. The van der Waals surface area contributed by atoms with Gasteiger partial charge in [0.15, 0.2) is 5.69 Å². The summed E-state index contributed by atoms with van der Waals surface area (Å²) in [6.07, 6.45) is 5.59. The average Bonchev–Trinajstić information content (AvgIpc) is 3.25. The molecule has 0 radical (unpaired) electrons. The van der Waals surface area contributed by atoms with Gasteiger partial charge < -0.3 is 4.90 Å². The minimum atomic E-state index is -0.235. The highest BCUT2D eigenvalue weighted by atomic mass is 16.6. The van der Waals surface area contributed by atoms with Crippen molar-refractivity contribution in [1.29, 1.82) is 0 Å². The van der Waals surface area contributed by atoms with Gasteiger partial charge in [-0.25, -0.2) is 9.31 Å². The van der Waals surface area contributed by atoms with Gasteiger partial charge in [-0.1, -0.05) is 58.0 Å². The molecule has 0 saturated heterocycles. The third-order valence-electron chi connectivity index (χ3n) is 3.64. The normalized spacial score (nSPS) is 11.1. The van der Waals surface area contributed by atoms with E-state index in [1.807, 2.05) is 42.5 Å². The maximum atomic E-state index is 12.4. The summed E-state index contributed by atoms with van der Waals surface area (Å²) >= 11 is 0. The Morgan fingerprint density at radius 1 is 1.28 bits per heavy atom. The van der Waals surface area contributed by atoms with Gasteiger partial charge in [0.2, 0.25) is 0 Å². The number of hydrogen-bond acceptors (Lipinski definition) is 6. The molecule has 3 aromatic rings. The van der Waals surface area contributed by atoms with Gasteiger partial charge >= 0.3 is 0 Å². The maximum absolute atomic E-state index is 12.4. The van der Waals surface area contributed by atoms with Gasteiger partial charge in [-0.15, -0.1) is 5.10 Å². The molecule has 0 fully saturated rings. The van der Waals surface area contributed by atoms with Crippen molar-refractivity contribution in [3.63, 3.8) is 0 Å². The summed E-state index contributed by atoms with van der Waals surface area (Å²) < 4.78 is 6.25. The van der Waals surface area contributed by atoms with Crippen LogP contribution in [0.4, 0.5) is 0 Å². The highest BCUT2D eigenvalue weighted by molar-refractivity contribution is 5.91. The smallest absolute Gasteiger partial charge is 0.276 e. The van der Waals surface area contributed by atoms with E-state index in [0.717, 1.165) is 5.56 Å². The summed E-state index contributed by atoms with van der Waals surface area (Å²) in [5, 5.41) is 15.4. The van der Waals surface area contributed by atoms with Crippen LogP contribution >= 0.6 is 0 Å². The molecule has 1 aromatic carbocycles. The molecule has 0 spiro atoms. The topological polar surface area (TPSA) is 89.9 Å². The molecule has 0 aliphatic heterocycles. The lowest BCUT2D eigenvalue weighted by molar-refractivity contribution is 0.0776. The zero-order valence-electron chi connectivity index (χ0n) is 14.0. The second-order valence-electron chi connectivity index (χ2n) is 5.60. The Hall–Kier alpha value is -3.29. The van der Waals surface area contributed by atoms with Crippen molar-refractivity contribution >= 4 is 12.0 Å². The molecule has 0 aliphatic carbocycles. The van der Waals surface area contributed by atoms with E-state index in [9.17, 15) is 4.79 Å². The summed E-state index contributed by atoms with van der Waals surface area (Å²) in [4.78, 5) is 13.9. The number of aryl methyl sites for hydroxylation is 1. The van der Waals surface area contributed by atoms with Gasteiger partial charge in [-0.05, 0) is 12.5 Å². The molecule has 8 nitrogen and oxygen atoms in total. The minimum absolute atomic E-state index is 0.235. The molecule has 0 saturated carbocycles. The molecule has 1 amide bonds. The van der Waals surface area contributed by atoms with Crippen LogP contribution in [0.5, 0.6) is 0 Å². The lowest BCUT2D eigenvalue weighted by atomic mass is 10.2. The zero-order valence-corrected chi connectivity index (χ0v) is 14.0. The molecule has 2 aromatic heterocycles. The van der Waals surface area contributed by atoms with E-state index in [1.165, 1.54) is 4.90 Å². The van der Waals surface area contributed by atoms with Crippen molar-refractivity contribution in [3.05, 3.63) is 65.2 Å². The largest absolute Gasteiger partial charge is 0.334 e. The summed E-state index contributed by atoms with van der Waals surface area (Å²) in [7, 11) is 1.67. The van der Waals surface area contributed by atoms with Crippen molar-refractivity contribution in [3.8, 4) is 0 Å². The molecule has 128 valence electrons. The van der Waals surface area contributed by atoms with Crippen LogP contribution in [0.3, 0.4) is 0 Å². The van der Waals surface area contributed by atoms with Gasteiger partial charge in [-0.2, -0.15) is 0 Å². The van der Waals surface area contributed by atoms with Crippen LogP contribution in [-0.2, 0) is 13.1 Å². The Morgan fingerprint density at radius 3 is 2.80 bits per heavy atom. The monoisotopic (exact) mass is 338 g/mol. The van der Waals surface area contributed by atoms with Crippen molar-refractivity contribution in [2.75, 3.05) is 7.05 Å². The van der Waals surface area contributed by atoms with Gasteiger partial charge in [0.05, 0.1) is 19.3 Å². The summed E-state index contributed by atoms with van der Waals surface area (Å²) in [6, 6.07) is 9.96. The fraction of sp³-hybridized carbons (Fsp3) is 0.235. The van der Waals surface area contributed by atoms with Crippen LogP contribution in [-0.4, -0.2) is 43.2 Å². The quantitative estimate of drug-likeness (QED) is 0.682. The summed E-state index contributed by atoms with van der Waals surface area (Å²) in [5.41, 5.74) is 2.67.